The molecule has 2 aromatic carbocycles. The summed E-state index contributed by atoms with van der Waals surface area (Å²) < 4.78 is 5.85. The van der Waals surface area contributed by atoms with Crippen LogP contribution in [0, 0.1) is 12.8 Å². The standard InChI is InChI=1S/C28H36N2O4/c1-6-29(7-2)15-16-30-25(21-11-9-8-10-12-21)24(27(32)28(30)33)26(31)22-13-14-23(20(5)17-22)34-18-19(3)4/h8-14,17,19,25,31H,6-7,15-16,18H2,1-5H3/b26-24-. The molecule has 182 valence electrons. The van der Waals surface area contributed by atoms with E-state index in [1.165, 1.54) is 0 Å². The van der Waals surface area contributed by atoms with Crippen LogP contribution in [0.2, 0.25) is 0 Å². The van der Waals surface area contributed by atoms with Crippen LogP contribution in [-0.4, -0.2) is 59.4 Å². The van der Waals surface area contributed by atoms with Crippen molar-refractivity contribution in [3.63, 3.8) is 0 Å². The maximum Gasteiger partial charge on any atom is 0.295 e. The van der Waals surface area contributed by atoms with Crippen LogP contribution in [0.4, 0.5) is 0 Å². The van der Waals surface area contributed by atoms with Crippen molar-refractivity contribution in [2.24, 2.45) is 5.92 Å². The van der Waals surface area contributed by atoms with Gasteiger partial charge in [0.2, 0.25) is 0 Å². The number of aliphatic hydroxyl groups is 1. The molecule has 0 spiro atoms. The average molecular weight is 465 g/mol. The van der Waals surface area contributed by atoms with Crippen LogP contribution in [-0.2, 0) is 9.59 Å². The predicted molar refractivity (Wildman–Crippen MR) is 135 cm³/mol. The molecule has 1 atom stereocenters. The number of ether oxygens (including phenoxy) is 1. The lowest BCUT2D eigenvalue weighted by molar-refractivity contribution is -0.140. The normalized spacial score (nSPS) is 17.7. The number of Topliss-reactive ketones (excluding diaryl/α,β-unsaturated/α-hetero) is 1. The lowest BCUT2D eigenvalue weighted by Gasteiger charge is -2.28. The first-order valence-electron chi connectivity index (χ1n) is 12.1. The molecule has 1 saturated heterocycles. The van der Waals surface area contributed by atoms with Crippen molar-refractivity contribution in [1.29, 1.82) is 0 Å². The molecule has 1 heterocycles. The van der Waals surface area contributed by atoms with E-state index in [0.717, 1.165) is 30.0 Å². The van der Waals surface area contributed by atoms with E-state index in [2.05, 4.69) is 32.6 Å². The second-order valence-electron chi connectivity index (χ2n) is 9.12. The minimum Gasteiger partial charge on any atom is -0.507 e. The first-order valence-corrected chi connectivity index (χ1v) is 12.1. The number of benzene rings is 2. The summed E-state index contributed by atoms with van der Waals surface area (Å²) in [6.07, 6.45) is 0. The summed E-state index contributed by atoms with van der Waals surface area (Å²) in [5, 5.41) is 11.3. The Morgan fingerprint density at radius 3 is 2.35 bits per heavy atom. The summed E-state index contributed by atoms with van der Waals surface area (Å²) in [4.78, 5) is 30.1. The zero-order chi connectivity index (χ0) is 24.8. The van der Waals surface area contributed by atoms with Crippen LogP contribution in [0.3, 0.4) is 0 Å². The van der Waals surface area contributed by atoms with E-state index in [-0.39, 0.29) is 11.3 Å². The predicted octanol–water partition coefficient (Wildman–Crippen LogP) is 4.79. The van der Waals surface area contributed by atoms with Gasteiger partial charge < -0.3 is 19.6 Å². The van der Waals surface area contributed by atoms with Crippen molar-refractivity contribution in [3.05, 3.63) is 70.8 Å². The molecule has 3 rings (SSSR count). The lowest BCUT2D eigenvalue weighted by Crippen LogP contribution is -2.38. The SMILES string of the molecule is CCN(CC)CCN1C(=O)C(=O)/C(=C(\O)c2ccc(OCC(C)C)c(C)c2)C1c1ccccc1. The Morgan fingerprint density at radius 2 is 1.76 bits per heavy atom. The van der Waals surface area contributed by atoms with Crippen LogP contribution in [0.25, 0.3) is 5.76 Å². The molecule has 0 saturated carbocycles. The Hall–Kier alpha value is -3.12. The molecule has 6 nitrogen and oxygen atoms in total. The number of amides is 1. The Labute approximate surface area is 202 Å². The molecule has 2 aromatic rings. The van der Waals surface area contributed by atoms with Crippen molar-refractivity contribution >= 4 is 17.4 Å². The van der Waals surface area contributed by atoms with E-state index in [1.54, 1.807) is 23.1 Å². The van der Waals surface area contributed by atoms with Gasteiger partial charge in [0.05, 0.1) is 18.2 Å². The molecule has 1 fully saturated rings. The molecular weight excluding hydrogens is 428 g/mol. The van der Waals surface area contributed by atoms with Crippen LogP contribution in [0.15, 0.2) is 54.1 Å². The highest BCUT2D eigenvalue weighted by molar-refractivity contribution is 6.46. The monoisotopic (exact) mass is 464 g/mol. The van der Waals surface area contributed by atoms with Gasteiger partial charge in [0.15, 0.2) is 0 Å². The molecular formula is C28H36N2O4. The molecule has 1 aliphatic rings. The first kappa shape index (κ1) is 25.5. The number of carbonyl (C=O) groups is 2. The van der Waals surface area contributed by atoms with Crippen molar-refractivity contribution < 1.29 is 19.4 Å². The molecule has 0 bridgehead atoms. The van der Waals surface area contributed by atoms with Gasteiger partial charge in [0, 0.05) is 18.7 Å². The number of aliphatic hydroxyl groups excluding tert-OH is 1. The zero-order valence-electron chi connectivity index (χ0n) is 20.9. The van der Waals surface area contributed by atoms with Crippen molar-refractivity contribution in [2.45, 2.75) is 40.7 Å². The average Bonchev–Trinajstić information content (AvgIpc) is 3.08. The number of likely N-dealkylation sites (tertiary alicyclic amines) is 1. The van der Waals surface area contributed by atoms with Gasteiger partial charge in [-0.3, -0.25) is 9.59 Å². The maximum absolute atomic E-state index is 13.2. The van der Waals surface area contributed by atoms with E-state index in [9.17, 15) is 14.7 Å². The highest BCUT2D eigenvalue weighted by Gasteiger charge is 2.45. The highest BCUT2D eigenvalue weighted by Crippen LogP contribution is 2.39. The minimum atomic E-state index is -0.649. The molecule has 0 aromatic heterocycles. The van der Waals surface area contributed by atoms with Gasteiger partial charge in [0.1, 0.15) is 11.5 Å². The van der Waals surface area contributed by atoms with Crippen LogP contribution in [0.1, 0.15) is 50.4 Å². The maximum atomic E-state index is 13.2. The number of likely N-dealkylation sites (N-methyl/N-ethyl adjacent to an activating group) is 1. The molecule has 1 aliphatic heterocycles. The van der Waals surface area contributed by atoms with Crippen molar-refractivity contribution in [3.8, 4) is 5.75 Å². The number of aryl methyl sites for hydroxylation is 1. The smallest absolute Gasteiger partial charge is 0.295 e. The van der Waals surface area contributed by atoms with Gasteiger partial charge in [-0.2, -0.15) is 0 Å². The third-order valence-electron chi connectivity index (χ3n) is 6.23. The number of nitrogens with zero attached hydrogens (tertiary/aromatic N) is 2. The quantitative estimate of drug-likeness (QED) is 0.311. The largest absolute Gasteiger partial charge is 0.507 e. The van der Waals surface area contributed by atoms with Crippen LogP contribution < -0.4 is 4.74 Å². The van der Waals surface area contributed by atoms with E-state index >= 15 is 0 Å². The fourth-order valence-corrected chi connectivity index (χ4v) is 4.25. The number of carbonyl (C=O) groups excluding carboxylic acids is 2. The molecule has 1 N–H and O–H groups in total. The number of hydrogen-bond donors (Lipinski definition) is 1. The van der Waals surface area contributed by atoms with Crippen LogP contribution in [0.5, 0.6) is 5.75 Å². The number of ketones is 1. The number of hydrogen-bond acceptors (Lipinski definition) is 5. The van der Waals surface area contributed by atoms with Crippen molar-refractivity contribution in [1.82, 2.24) is 9.80 Å². The Morgan fingerprint density at radius 1 is 1.09 bits per heavy atom. The minimum absolute atomic E-state index is 0.131. The third-order valence-corrected chi connectivity index (χ3v) is 6.23. The topological polar surface area (TPSA) is 70.1 Å². The number of rotatable bonds is 10. The van der Waals surface area contributed by atoms with Crippen LogP contribution >= 0.6 is 0 Å². The van der Waals surface area contributed by atoms with E-state index in [4.69, 9.17) is 4.74 Å². The molecule has 0 radical (unpaired) electrons. The molecule has 6 heteroatoms. The fourth-order valence-electron chi connectivity index (χ4n) is 4.25. The third kappa shape index (κ3) is 5.50. The summed E-state index contributed by atoms with van der Waals surface area (Å²) in [6, 6.07) is 14.2. The van der Waals surface area contributed by atoms with Gasteiger partial charge >= 0.3 is 0 Å². The second kappa shape index (κ2) is 11.3. The van der Waals surface area contributed by atoms with Gasteiger partial charge in [-0.1, -0.05) is 58.0 Å². The molecule has 1 amide bonds. The Bertz CT molecular complexity index is 1040. The Balaban J connectivity index is 2.02. The molecule has 34 heavy (non-hydrogen) atoms. The molecule has 1 unspecified atom stereocenters. The van der Waals surface area contributed by atoms with Gasteiger partial charge in [-0.25, -0.2) is 0 Å². The molecule has 0 aliphatic carbocycles. The fraction of sp³-hybridized carbons (Fsp3) is 0.429. The first-order chi connectivity index (χ1) is 16.3. The summed E-state index contributed by atoms with van der Waals surface area (Å²) in [5.41, 5.74) is 2.29. The van der Waals surface area contributed by atoms with E-state index in [1.807, 2.05) is 37.3 Å². The van der Waals surface area contributed by atoms with Gasteiger partial charge in [0.25, 0.3) is 11.7 Å². The summed E-state index contributed by atoms with van der Waals surface area (Å²) >= 11 is 0. The lowest BCUT2D eigenvalue weighted by atomic mass is 9.95. The zero-order valence-corrected chi connectivity index (χ0v) is 20.9. The van der Waals surface area contributed by atoms with Gasteiger partial charge in [-0.15, -0.1) is 0 Å². The highest BCUT2D eigenvalue weighted by atomic mass is 16.5. The second-order valence-corrected chi connectivity index (χ2v) is 9.12. The van der Waals surface area contributed by atoms with E-state index in [0.29, 0.717) is 31.2 Å². The summed E-state index contributed by atoms with van der Waals surface area (Å²) in [5.74, 6) is -0.244. The Kier molecular flexibility index (Phi) is 8.51. The van der Waals surface area contributed by atoms with Crippen molar-refractivity contribution in [2.75, 3.05) is 32.8 Å². The summed E-state index contributed by atoms with van der Waals surface area (Å²) in [6.45, 7) is 13.6. The van der Waals surface area contributed by atoms with Gasteiger partial charge in [-0.05, 0) is 55.3 Å². The van der Waals surface area contributed by atoms with E-state index < -0.39 is 17.7 Å². The summed E-state index contributed by atoms with van der Waals surface area (Å²) in [7, 11) is 0.